The van der Waals surface area contributed by atoms with Crippen LogP contribution in [-0.2, 0) is 14.3 Å². The summed E-state index contributed by atoms with van der Waals surface area (Å²) in [6.45, 7) is 6.19. The third-order valence-corrected chi connectivity index (χ3v) is 2.35. The summed E-state index contributed by atoms with van der Waals surface area (Å²) < 4.78 is 4.74. The lowest BCUT2D eigenvalue weighted by Gasteiger charge is -2.03. The second-order valence-corrected chi connectivity index (χ2v) is 4.53. The molecular weight excluding hydrogens is 200 g/mol. The highest BCUT2D eigenvalue weighted by Gasteiger charge is 2.07. The summed E-state index contributed by atoms with van der Waals surface area (Å²) in [5.74, 6) is 0.694. The maximum absolute atomic E-state index is 11.2. The molecule has 0 heterocycles. The molecule has 0 amide bonds. The highest BCUT2D eigenvalue weighted by molar-refractivity contribution is 8.13. The Labute approximate surface area is 89.6 Å². The first-order chi connectivity index (χ1) is 6.56. The van der Waals surface area contributed by atoms with Crippen LogP contribution in [0.25, 0.3) is 0 Å². The summed E-state index contributed by atoms with van der Waals surface area (Å²) in [5, 5.41) is 0.157. The van der Waals surface area contributed by atoms with Gasteiger partial charge in [0.25, 0.3) is 0 Å². The van der Waals surface area contributed by atoms with Crippen LogP contribution in [0.2, 0.25) is 0 Å². The fourth-order valence-electron chi connectivity index (χ4n) is 0.874. The Morgan fingerprint density at radius 3 is 2.50 bits per heavy atom. The first-order valence-corrected chi connectivity index (χ1v) is 5.86. The lowest BCUT2D eigenvalue weighted by atomic mass is 10.2. The van der Waals surface area contributed by atoms with E-state index in [1.807, 2.05) is 13.8 Å². The predicted molar refractivity (Wildman–Crippen MR) is 58.2 cm³/mol. The van der Waals surface area contributed by atoms with Crippen molar-refractivity contribution in [3.63, 3.8) is 0 Å². The number of ether oxygens (including phenoxy) is 1. The minimum Gasteiger partial charge on any atom is -0.466 e. The SMILES string of the molecule is CCOC(=O)CCSC(=O)CC(C)C. The largest absolute Gasteiger partial charge is 0.466 e. The molecule has 0 bridgehead atoms. The van der Waals surface area contributed by atoms with Gasteiger partial charge in [-0.15, -0.1) is 0 Å². The van der Waals surface area contributed by atoms with Crippen molar-refractivity contribution in [1.29, 1.82) is 0 Å². The molecule has 0 aromatic rings. The molecule has 82 valence electrons. The summed E-state index contributed by atoms with van der Waals surface area (Å²) in [4.78, 5) is 22.1. The molecule has 4 heteroatoms. The molecule has 14 heavy (non-hydrogen) atoms. The zero-order valence-corrected chi connectivity index (χ0v) is 9.86. The van der Waals surface area contributed by atoms with Gasteiger partial charge < -0.3 is 4.74 Å². The molecule has 0 aliphatic heterocycles. The number of rotatable bonds is 6. The van der Waals surface area contributed by atoms with E-state index in [0.29, 0.717) is 31.1 Å². The smallest absolute Gasteiger partial charge is 0.306 e. The molecule has 3 nitrogen and oxygen atoms in total. The fraction of sp³-hybridized carbons (Fsp3) is 0.800. The average Bonchev–Trinajstić information content (AvgIpc) is 2.02. The van der Waals surface area contributed by atoms with Gasteiger partial charge in [-0.1, -0.05) is 25.6 Å². The highest BCUT2D eigenvalue weighted by Crippen LogP contribution is 2.12. The summed E-state index contributed by atoms with van der Waals surface area (Å²) in [7, 11) is 0. The molecule has 0 spiro atoms. The molecule has 0 aliphatic rings. The fourth-order valence-corrected chi connectivity index (χ4v) is 1.82. The summed E-state index contributed by atoms with van der Waals surface area (Å²) in [6, 6.07) is 0. The van der Waals surface area contributed by atoms with Gasteiger partial charge in [0.05, 0.1) is 13.0 Å². The second kappa shape index (κ2) is 7.85. The third kappa shape index (κ3) is 8.10. The minimum atomic E-state index is -0.225. The van der Waals surface area contributed by atoms with Crippen molar-refractivity contribution in [2.24, 2.45) is 5.92 Å². The van der Waals surface area contributed by atoms with E-state index in [4.69, 9.17) is 4.74 Å². The monoisotopic (exact) mass is 218 g/mol. The lowest BCUT2D eigenvalue weighted by Crippen LogP contribution is -2.06. The van der Waals surface area contributed by atoms with Crippen molar-refractivity contribution < 1.29 is 14.3 Å². The van der Waals surface area contributed by atoms with Crippen molar-refractivity contribution >= 4 is 22.8 Å². The number of hydrogen-bond acceptors (Lipinski definition) is 4. The van der Waals surface area contributed by atoms with Gasteiger partial charge in [0.15, 0.2) is 5.12 Å². The van der Waals surface area contributed by atoms with Crippen LogP contribution in [-0.4, -0.2) is 23.4 Å². The van der Waals surface area contributed by atoms with Gasteiger partial charge >= 0.3 is 5.97 Å². The van der Waals surface area contributed by atoms with Crippen molar-refractivity contribution in [2.45, 2.75) is 33.6 Å². The number of carbonyl (C=O) groups is 2. The van der Waals surface area contributed by atoms with Gasteiger partial charge in [-0.05, 0) is 12.8 Å². The van der Waals surface area contributed by atoms with Crippen LogP contribution in [0.1, 0.15) is 33.6 Å². The van der Waals surface area contributed by atoms with Crippen LogP contribution in [0.15, 0.2) is 0 Å². The molecule has 0 rings (SSSR count). The standard InChI is InChI=1S/C10H18O3S/c1-4-13-9(11)5-6-14-10(12)7-8(2)3/h8H,4-7H2,1-3H3. The molecule has 0 N–H and O–H groups in total. The Morgan fingerprint density at radius 2 is 2.00 bits per heavy atom. The van der Waals surface area contributed by atoms with Gasteiger partial charge in [0.2, 0.25) is 0 Å². The Morgan fingerprint density at radius 1 is 1.36 bits per heavy atom. The molecule has 0 aromatic carbocycles. The second-order valence-electron chi connectivity index (χ2n) is 3.37. The van der Waals surface area contributed by atoms with E-state index in [-0.39, 0.29) is 11.1 Å². The maximum Gasteiger partial charge on any atom is 0.306 e. The molecule has 0 radical (unpaired) electrons. The van der Waals surface area contributed by atoms with Crippen molar-refractivity contribution in [3.05, 3.63) is 0 Å². The van der Waals surface area contributed by atoms with Crippen LogP contribution in [0.3, 0.4) is 0 Å². The minimum absolute atomic E-state index is 0.157. The van der Waals surface area contributed by atoms with Crippen LogP contribution in [0.4, 0.5) is 0 Å². The lowest BCUT2D eigenvalue weighted by molar-refractivity contribution is -0.142. The van der Waals surface area contributed by atoms with Gasteiger partial charge in [-0.2, -0.15) is 0 Å². The van der Waals surface area contributed by atoms with Crippen LogP contribution >= 0.6 is 11.8 Å². The van der Waals surface area contributed by atoms with Crippen molar-refractivity contribution in [3.8, 4) is 0 Å². The molecule has 0 aliphatic carbocycles. The van der Waals surface area contributed by atoms with E-state index in [9.17, 15) is 9.59 Å². The Balaban J connectivity index is 3.44. The summed E-state index contributed by atoms with van der Waals surface area (Å²) >= 11 is 1.22. The first kappa shape index (κ1) is 13.5. The zero-order chi connectivity index (χ0) is 11.0. The molecule has 0 saturated heterocycles. The topological polar surface area (TPSA) is 43.4 Å². The molecule has 0 unspecified atom stereocenters. The van der Waals surface area contributed by atoms with Crippen LogP contribution < -0.4 is 0 Å². The van der Waals surface area contributed by atoms with Gasteiger partial charge in [0.1, 0.15) is 0 Å². The average molecular weight is 218 g/mol. The van der Waals surface area contributed by atoms with E-state index in [1.165, 1.54) is 11.8 Å². The predicted octanol–water partition coefficient (Wildman–Crippen LogP) is 2.25. The number of carbonyl (C=O) groups excluding carboxylic acids is 2. The van der Waals surface area contributed by atoms with Crippen molar-refractivity contribution in [1.82, 2.24) is 0 Å². The molecule has 0 fully saturated rings. The van der Waals surface area contributed by atoms with E-state index < -0.39 is 0 Å². The number of hydrogen-bond donors (Lipinski definition) is 0. The van der Waals surface area contributed by atoms with E-state index in [2.05, 4.69) is 0 Å². The Bertz CT molecular complexity index is 190. The van der Waals surface area contributed by atoms with Crippen molar-refractivity contribution in [2.75, 3.05) is 12.4 Å². The summed E-state index contributed by atoms with van der Waals surface area (Å²) in [5.41, 5.74) is 0. The molecular formula is C10H18O3S. The van der Waals surface area contributed by atoms with E-state index >= 15 is 0 Å². The Kier molecular flexibility index (Phi) is 7.57. The summed E-state index contributed by atoms with van der Waals surface area (Å²) in [6.07, 6.45) is 0.899. The quantitative estimate of drug-likeness (QED) is 0.641. The highest BCUT2D eigenvalue weighted by atomic mass is 32.2. The van der Waals surface area contributed by atoms with Crippen LogP contribution in [0.5, 0.6) is 0 Å². The normalized spacial score (nSPS) is 10.3. The molecule has 0 saturated carbocycles. The van der Waals surface area contributed by atoms with Gasteiger partial charge in [-0.3, -0.25) is 9.59 Å². The zero-order valence-electron chi connectivity index (χ0n) is 9.04. The number of thioether (sulfide) groups is 1. The van der Waals surface area contributed by atoms with E-state index in [0.717, 1.165) is 0 Å². The van der Waals surface area contributed by atoms with Crippen LogP contribution in [0, 0.1) is 5.92 Å². The van der Waals surface area contributed by atoms with E-state index in [1.54, 1.807) is 6.92 Å². The first-order valence-electron chi connectivity index (χ1n) is 4.87. The third-order valence-electron chi connectivity index (χ3n) is 1.45. The number of esters is 1. The molecule has 0 atom stereocenters. The van der Waals surface area contributed by atoms with Gasteiger partial charge in [-0.25, -0.2) is 0 Å². The van der Waals surface area contributed by atoms with Gasteiger partial charge in [0, 0.05) is 12.2 Å². The molecule has 0 aromatic heterocycles. The maximum atomic E-state index is 11.2. The Hall–Kier alpha value is -0.510.